The lowest BCUT2D eigenvalue weighted by atomic mass is 9.60. The standard InChI is InChI=1S/C28H35N3.C2H5NO2/c29-22-28(25-11-7-8-12-25,24-9-3-1-4-10-24)26-15-17-30(18-16-26)19-23-20-31(21-23)27-13-5-2-6-14-27;1-5-2(3)4/h1-6,9-10,13-14,23,25-26H,7-8,11-12,15-21H2;1H3,(H2,3,4). The van der Waals surface area contributed by atoms with Gasteiger partial charge in [0.25, 0.3) is 0 Å². The number of para-hydroxylation sites is 1. The lowest BCUT2D eigenvalue weighted by Gasteiger charge is -2.47. The smallest absolute Gasteiger partial charge is 0.404 e. The Bertz CT molecular complexity index is 989. The fourth-order valence-electron chi connectivity index (χ4n) is 6.62. The second-order valence-corrected chi connectivity index (χ2v) is 10.5. The average Bonchev–Trinajstić information content (AvgIpc) is 3.44. The normalized spacial score (nSPS) is 20.9. The van der Waals surface area contributed by atoms with Crippen LogP contribution in [0.3, 0.4) is 0 Å². The third-order valence-electron chi connectivity index (χ3n) is 8.46. The Balaban J connectivity index is 0.000000556. The van der Waals surface area contributed by atoms with Gasteiger partial charge in [0.15, 0.2) is 0 Å². The fourth-order valence-corrected chi connectivity index (χ4v) is 6.62. The summed E-state index contributed by atoms with van der Waals surface area (Å²) < 4.78 is 3.89. The lowest BCUT2D eigenvalue weighted by molar-refractivity contribution is 0.103. The largest absolute Gasteiger partial charge is 0.453 e. The molecule has 3 fully saturated rings. The van der Waals surface area contributed by atoms with Gasteiger partial charge in [-0.25, -0.2) is 4.79 Å². The number of nitriles is 1. The van der Waals surface area contributed by atoms with E-state index in [0.29, 0.717) is 11.8 Å². The number of ether oxygens (including phenoxy) is 1. The van der Waals surface area contributed by atoms with Gasteiger partial charge in [-0.05, 0) is 68.3 Å². The molecule has 2 saturated heterocycles. The van der Waals surface area contributed by atoms with Crippen LogP contribution in [0.5, 0.6) is 0 Å². The molecule has 1 saturated carbocycles. The zero-order chi connectivity index (χ0) is 25.4. The Morgan fingerprint density at radius 2 is 1.50 bits per heavy atom. The number of hydrogen-bond donors (Lipinski definition) is 1. The summed E-state index contributed by atoms with van der Waals surface area (Å²) in [6.45, 7) is 5.87. The third kappa shape index (κ3) is 5.84. The number of rotatable bonds is 6. The van der Waals surface area contributed by atoms with Crippen molar-refractivity contribution in [3.05, 3.63) is 66.2 Å². The van der Waals surface area contributed by atoms with Gasteiger partial charge in [-0.3, -0.25) is 0 Å². The van der Waals surface area contributed by atoms with E-state index < -0.39 is 6.09 Å². The Hall–Kier alpha value is -3.04. The molecule has 192 valence electrons. The summed E-state index contributed by atoms with van der Waals surface area (Å²) in [5.41, 5.74) is 6.78. The number of anilines is 1. The quantitative estimate of drug-likeness (QED) is 0.604. The van der Waals surface area contributed by atoms with Gasteiger partial charge in [0, 0.05) is 31.2 Å². The number of nitrogens with two attached hydrogens (primary N) is 1. The number of benzene rings is 2. The minimum absolute atomic E-state index is 0.287. The van der Waals surface area contributed by atoms with E-state index in [1.165, 1.54) is 63.7 Å². The summed E-state index contributed by atoms with van der Waals surface area (Å²) in [7, 11) is 1.22. The van der Waals surface area contributed by atoms with Crippen LogP contribution in [-0.2, 0) is 10.2 Å². The lowest BCUT2D eigenvalue weighted by Crippen LogP contribution is -2.53. The number of carbonyl (C=O) groups excluding carboxylic acids is 1. The van der Waals surface area contributed by atoms with Gasteiger partial charge >= 0.3 is 6.09 Å². The molecule has 0 radical (unpaired) electrons. The van der Waals surface area contributed by atoms with Crippen molar-refractivity contribution in [1.82, 2.24) is 4.90 Å². The van der Waals surface area contributed by atoms with Crippen molar-refractivity contribution in [2.75, 3.05) is 44.7 Å². The Labute approximate surface area is 216 Å². The summed E-state index contributed by atoms with van der Waals surface area (Å²) in [6, 6.07) is 24.5. The van der Waals surface area contributed by atoms with E-state index in [1.54, 1.807) is 0 Å². The van der Waals surface area contributed by atoms with E-state index in [0.717, 1.165) is 31.8 Å². The van der Waals surface area contributed by atoms with Crippen molar-refractivity contribution < 1.29 is 9.53 Å². The van der Waals surface area contributed by atoms with Gasteiger partial charge in [-0.15, -0.1) is 0 Å². The zero-order valence-electron chi connectivity index (χ0n) is 21.5. The van der Waals surface area contributed by atoms with Crippen molar-refractivity contribution in [3.8, 4) is 6.07 Å². The molecule has 2 heterocycles. The first-order chi connectivity index (χ1) is 17.6. The molecule has 2 aromatic carbocycles. The monoisotopic (exact) mass is 488 g/mol. The first-order valence-corrected chi connectivity index (χ1v) is 13.4. The second-order valence-electron chi connectivity index (χ2n) is 10.5. The van der Waals surface area contributed by atoms with Crippen molar-refractivity contribution >= 4 is 11.8 Å². The molecule has 6 heteroatoms. The third-order valence-corrected chi connectivity index (χ3v) is 8.46. The molecule has 0 aromatic heterocycles. The van der Waals surface area contributed by atoms with Gasteiger partial charge in [0.05, 0.1) is 18.6 Å². The SMILES string of the molecule is COC(N)=O.N#CC(c1ccccc1)(C1CCCC1)C1CCN(CC2CN(c3ccccc3)C2)CC1. The molecule has 36 heavy (non-hydrogen) atoms. The molecule has 0 bridgehead atoms. The molecule has 3 aliphatic rings. The summed E-state index contributed by atoms with van der Waals surface area (Å²) in [5.74, 6) is 1.80. The predicted octanol–water partition coefficient (Wildman–Crippen LogP) is 5.20. The van der Waals surface area contributed by atoms with Crippen LogP contribution in [-0.4, -0.2) is 50.8 Å². The number of hydrogen-bond acceptors (Lipinski definition) is 5. The molecule has 1 amide bonds. The van der Waals surface area contributed by atoms with Crippen LogP contribution in [0.15, 0.2) is 60.7 Å². The highest BCUT2D eigenvalue weighted by molar-refractivity contribution is 5.64. The van der Waals surface area contributed by atoms with Crippen LogP contribution in [0.2, 0.25) is 0 Å². The topological polar surface area (TPSA) is 82.6 Å². The number of primary amides is 1. The molecule has 2 N–H and O–H groups in total. The number of methoxy groups -OCH3 is 1. The molecule has 1 aliphatic carbocycles. The van der Waals surface area contributed by atoms with Crippen molar-refractivity contribution in [2.24, 2.45) is 23.5 Å². The molecule has 0 spiro atoms. The van der Waals surface area contributed by atoms with E-state index >= 15 is 0 Å². The van der Waals surface area contributed by atoms with Gasteiger partial charge in [0.1, 0.15) is 0 Å². The van der Waals surface area contributed by atoms with Gasteiger partial charge in [0.2, 0.25) is 0 Å². The highest BCUT2D eigenvalue weighted by Crippen LogP contribution is 2.50. The number of piperidine rings is 1. The Morgan fingerprint density at radius 3 is 2.03 bits per heavy atom. The summed E-state index contributed by atoms with van der Waals surface area (Å²) in [6.07, 6.45) is 6.60. The molecule has 5 rings (SSSR count). The minimum atomic E-state index is -0.745. The average molecular weight is 489 g/mol. The van der Waals surface area contributed by atoms with Crippen LogP contribution >= 0.6 is 0 Å². The van der Waals surface area contributed by atoms with Crippen LogP contribution in [0.4, 0.5) is 10.5 Å². The van der Waals surface area contributed by atoms with E-state index in [2.05, 4.69) is 87.0 Å². The van der Waals surface area contributed by atoms with E-state index in [1.807, 2.05) is 0 Å². The molecule has 2 aromatic rings. The maximum absolute atomic E-state index is 10.6. The van der Waals surface area contributed by atoms with E-state index in [9.17, 15) is 10.1 Å². The minimum Gasteiger partial charge on any atom is -0.453 e. The molecule has 1 atom stereocenters. The summed E-state index contributed by atoms with van der Waals surface area (Å²) in [5, 5.41) is 10.6. The van der Waals surface area contributed by atoms with Crippen LogP contribution in [0, 0.1) is 29.1 Å². The molecular formula is C30H40N4O2. The zero-order valence-corrected chi connectivity index (χ0v) is 21.5. The predicted molar refractivity (Wildman–Crippen MR) is 144 cm³/mol. The highest BCUT2D eigenvalue weighted by Gasteiger charge is 2.48. The van der Waals surface area contributed by atoms with Crippen molar-refractivity contribution in [3.63, 3.8) is 0 Å². The first-order valence-electron chi connectivity index (χ1n) is 13.4. The number of carbonyl (C=O) groups is 1. The summed E-state index contributed by atoms with van der Waals surface area (Å²) >= 11 is 0. The van der Waals surface area contributed by atoms with Crippen LogP contribution in [0.25, 0.3) is 0 Å². The van der Waals surface area contributed by atoms with Gasteiger partial charge in [-0.1, -0.05) is 61.4 Å². The molecular weight excluding hydrogens is 448 g/mol. The summed E-state index contributed by atoms with van der Waals surface area (Å²) in [4.78, 5) is 14.5. The van der Waals surface area contributed by atoms with Gasteiger partial charge in [-0.2, -0.15) is 5.26 Å². The second kappa shape index (κ2) is 12.3. The van der Waals surface area contributed by atoms with Crippen molar-refractivity contribution in [1.29, 1.82) is 5.26 Å². The molecule has 6 nitrogen and oxygen atoms in total. The number of nitrogens with zero attached hydrogens (tertiary/aromatic N) is 3. The Kier molecular flexibility index (Phi) is 8.88. The van der Waals surface area contributed by atoms with Gasteiger partial charge < -0.3 is 20.3 Å². The Morgan fingerprint density at radius 1 is 0.972 bits per heavy atom. The first kappa shape index (κ1) is 26.0. The number of likely N-dealkylation sites (tertiary alicyclic amines) is 1. The fraction of sp³-hybridized carbons (Fsp3) is 0.533. The maximum Gasteiger partial charge on any atom is 0.404 e. The highest BCUT2D eigenvalue weighted by atomic mass is 16.5. The molecule has 1 unspecified atom stereocenters. The molecule has 2 aliphatic heterocycles. The van der Waals surface area contributed by atoms with E-state index in [-0.39, 0.29) is 5.41 Å². The van der Waals surface area contributed by atoms with Crippen LogP contribution < -0.4 is 10.6 Å². The maximum atomic E-state index is 10.6. The van der Waals surface area contributed by atoms with E-state index in [4.69, 9.17) is 0 Å². The van der Waals surface area contributed by atoms with Crippen LogP contribution in [0.1, 0.15) is 44.1 Å². The van der Waals surface area contributed by atoms with Crippen molar-refractivity contribution in [2.45, 2.75) is 43.9 Å². The number of amides is 1.